The van der Waals surface area contributed by atoms with Gasteiger partial charge in [0.2, 0.25) is 17.7 Å². The summed E-state index contributed by atoms with van der Waals surface area (Å²) in [6.07, 6.45) is 1.95. The van der Waals surface area contributed by atoms with Gasteiger partial charge in [-0.05, 0) is 30.7 Å². The number of carbonyl (C=O) groups is 3. The topological polar surface area (TPSA) is 69.7 Å². The maximum absolute atomic E-state index is 12.2. The van der Waals surface area contributed by atoms with Crippen LogP contribution < -0.4 is 10.2 Å². The number of hydrogen-bond donors (Lipinski definition) is 1. The van der Waals surface area contributed by atoms with Crippen LogP contribution >= 0.6 is 0 Å². The van der Waals surface area contributed by atoms with E-state index in [4.69, 9.17) is 0 Å². The van der Waals surface area contributed by atoms with Crippen molar-refractivity contribution in [2.24, 2.45) is 0 Å². The molecule has 0 saturated heterocycles. The van der Waals surface area contributed by atoms with E-state index >= 15 is 0 Å². The molecule has 23 heavy (non-hydrogen) atoms. The van der Waals surface area contributed by atoms with Crippen molar-refractivity contribution in [3.05, 3.63) is 24.3 Å². The molecule has 1 aromatic carbocycles. The molecule has 1 aromatic rings. The average molecular weight is 319 g/mol. The number of nitrogens with one attached hydrogen (secondary N) is 1. The van der Waals surface area contributed by atoms with Gasteiger partial charge in [-0.3, -0.25) is 14.4 Å². The molecule has 1 N–H and O–H groups in total. The first-order chi connectivity index (χ1) is 10.8. The van der Waals surface area contributed by atoms with Crippen LogP contribution in [0.3, 0.4) is 0 Å². The normalized spacial score (nSPS) is 10.1. The molecule has 0 saturated carbocycles. The Balaban J connectivity index is 2.80. The lowest BCUT2D eigenvalue weighted by Crippen LogP contribution is -2.41. The van der Waals surface area contributed by atoms with Crippen LogP contribution in [0.25, 0.3) is 0 Å². The lowest BCUT2D eigenvalue weighted by Gasteiger charge is -2.24. The highest BCUT2D eigenvalue weighted by Gasteiger charge is 2.18. The summed E-state index contributed by atoms with van der Waals surface area (Å²) in [6, 6.07) is 6.84. The third-order valence-electron chi connectivity index (χ3n) is 3.45. The molecule has 0 aliphatic heterocycles. The van der Waals surface area contributed by atoms with E-state index in [9.17, 15) is 14.4 Å². The summed E-state index contributed by atoms with van der Waals surface area (Å²) < 4.78 is 0. The molecule has 0 unspecified atom stereocenters. The SMILES string of the molecule is CCCCN(C)C(=O)CN(C(C)=O)c1ccc(NC(C)=O)cc1. The van der Waals surface area contributed by atoms with Crippen LogP contribution in [0.15, 0.2) is 24.3 Å². The van der Waals surface area contributed by atoms with Crippen molar-refractivity contribution in [1.29, 1.82) is 0 Å². The Hall–Kier alpha value is -2.37. The molecule has 0 aliphatic carbocycles. The number of nitrogens with zero attached hydrogens (tertiary/aromatic N) is 2. The molecule has 0 bridgehead atoms. The maximum Gasteiger partial charge on any atom is 0.242 e. The fourth-order valence-electron chi connectivity index (χ4n) is 2.09. The summed E-state index contributed by atoms with van der Waals surface area (Å²) in [5, 5.41) is 2.66. The highest BCUT2D eigenvalue weighted by molar-refractivity contribution is 5.97. The molecule has 3 amide bonds. The Morgan fingerprint density at radius 2 is 1.70 bits per heavy atom. The van der Waals surface area contributed by atoms with Crippen LogP contribution in [0.4, 0.5) is 11.4 Å². The molecule has 0 spiro atoms. The van der Waals surface area contributed by atoms with E-state index in [0.717, 1.165) is 12.8 Å². The first kappa shape index (κ1) is 18.7. The first-order valence-corrected chi connectivity index (χ1v) is 7.74. The van der Waals surface area contributed by atoms with Crippen molar-refractivity contribution in [3.63, 3.8) is 0 Å². The second kappa shape index (κ2) is 8.92. The van der Waals surface area contributed by atoms with Crippen molar-refractivity contribution in [1.82, 2.24) is 4.90 Å². The van der Waals surface area contributed by atoms with E-state index in [2.05, 4.69) is 12.2 Å². The van der Waals surface area contributed by atoms with Crippen LogP contribution in [0.1, 0.15) is 33.6 Å². The smallest absolute Gasteiger partial charge is 0.242 e. The van der Waals surface area contributed by atoms with Gasteiger partial charge >= 0.3 is 0 Å². The number of carbonyl (C=O) groups excluding carboxylic acids is 3. The summed E-state index contributed by atoms with van der Waals surface area (Å²) in [5.74, 6) is -0.456. The number of amides is 3. The van der Waals surface area contributed by atoms with Crippen molar-refractivity contribution in [2.75, 3.05) is 30.4 Å². The molecule has 1 rings (SSSR count). The molecule has 6 nitrogen and oxygen atoms in total. The molecule has 0 fully saturated rings. The van der Waals surface area contributed by atoms with Gasteiger partial charge in [0.1, 0.15) is 6.54 Å². The predicted octanol–water partition coefficient (Wildman–Crippen LogP) is 2.26. The van der Waals surface area contributed by atoms with Crippen LogP contribution in [0.5, 0.6) is 0 Å². The van der Waals surface area contributed by atoms with Gasteiger partial charge in [-0.15, -0.1) is 0 Å². The van der Waals surface area contributed by atoms with Gasteiger partial charge in [0.05, 0.1) is 0 Å². The molecule has 0 atom stereocenters. The van der Waals surface area contributed by atoms with Crippen LogP contribution in [0, 0.1) is 0 Å². The number of benzene rings is 1. The number of unbranched alkanes of at least 4 members (excludes halogenated alkanes) is 1. The minimum atomic E-state index is -0.200. The second-order valence-electron chi connectivity index (χ2n) is 5.50. The standard InChI is InChI=1S/C17H25N3O3/c1-5-6-11-19(4)17(23)12-20(14(3)22)16-9-7-15(8-10-16)18-13(2)21/h7-10H,5-6,11-12H2,1-4H3,(H,18,21). The van der Waals surface area contributed by atoms with E-state index in [-0.39, 0.29) is 24.3 Å². The molecule has 0 aliphatic rings. The fourth-order valence-corrected chi connectivity index (χ4v) is 2.09. The van der Waals surface area contributed by atoms with Gasteiger partial charge in [0.25, 0.3) is 0 Å². The first-order valence-electron chi connectivity index (χ1n) is 7.74. The van der Waals surface area contributed by atoms with Crippen molar-refractivity contribution in [3.8, 4) is 0 Å². The lowest BCUT2D eigenvalue weighted by atomic mass is 10.2. The Labute approximate surface area is 137 Å². The molecule has 0 aromatic heterocycles. The van der Waals surface area contributed by atoms with Crippen molar-refractivity contribution >= 4 is 29.1 Å². The molecular formula is C17H25N3O3. The Morgan fingerprint density at radius 3 is 2.17 bits per heavy atom. The highest BCUT2D eigenvalue weighted by Crippen LogP contribution is 2.18. The van der Waals surface area contributed by atoms with Gasteiger partial charge in [0.15, 0.2) is 0 Å². The molecule has 6 heteroatoms. The zero-order chi connectivity index (χ0) is 17.4. The van der Waals surface area contributed by atoms with Gasteiger partial charge < -0.3 is 15.1 Å². The molecule has 0 heterocycles. The fraction of sp³-hybridized carbons (Fsp3) is 0.471. The molecule has 126 valence electrons. The van der Waals surface area contributed by atoms with Crippen molar-refractivity contribution in [2.45, 2.75) is 33.6 Å². The third kappa shape index (κ3) is 6.10. The van der Waals surface area contributed by atoms with E-state index in [1.165, 1.54) is 18.7 Å². The number of rotatable bonds is 7. The number of hydrogen-bond acceptors (Lipinski definition) is 3. The van der Waals surface area contributed by atoms with Crippen LogP contribution in [-0.4, -0.2) is 42.8 Å². The predicted molar refractivity (Wildman–Crippen MR) is 91.3 cm³/mol. The lowest BCUT2D eigenvalue weighted by molar-refractivity contribution is -0.130. The van der Waals surface area contributed by atoms with Gasteiger partial charge in [0, 0.05) is 38.8 Å². The minimum Gasteiger partial charge on any atom is -0.344 e. The highest BCUT2D eigenvalue weighted by atomic mass is 16.2. The summed E-state index contributed by atoms with van der Waals surface area (Å²) in [4.78, 5) is 38.2. The third-order valence-corrected chi connectivity index (χ3v) is 3.45. The van der Waals surface area contributed by atoms with Crippen molar-refractivity contribution < 1.29 is 14.4 Å². The summed E-state index contributed by atoms with van der Waals surface area (Å²) in [5.41, 5.74) is 1.28. The maximum atomic E-state index is 12.2. The quantitative estimate of drug-likeness (QED) is 0.838. The Kier molecular flexibility index (Phi) is 7.25. The zero-order valence-corrected chi connectivity index (χ0v) is 14.3. The number of likely N-dealkylation sites (N-methyl/N-ethyl adjacent to an activating group) is 1. The Morgan fingerprint density at radius 1 is 1.09 bits per heavy atom. The van der Waals surface area contributed by atoms with Crippen LogP contribution in [-0.2, 0) is 14.4 Å². The van der Waals surface area contributed by atoms with E-state index < -0.39 is 0 Å². The van der Waals surface area contributed by atoms with E-state index in [0.29, 0.717) is 17.9 Å². The van der Waals surface area contributed by atoms with Crippen LogP contribution in [0.2, 0.25) is 0 Å². The summed E-state index contributed by atoms with van der Waals surface area (Å²) in [7, 11) is 1.75. The second-order valence-corrected chi connectivity index (χ2v) is 5.50. The zero-order valence-electron chi connectivity index (χ0n) is 14.3. The largest absolute Gasteiger partial charge is 0.344 e. The number of anilines is 2. The van der Waals surface area contributed by atoms with Gasteiger partial charge in [-0.2, -0.15) is 0 Å². The average Bonchev–Trinajstić information content (AvgIpc) is 2.50. The summed E-state index contributed by atoms with van der Waals surface area (Å²) >= 11 is 0. The molecule has 0 radical (unpaired) electrons. The van der Waals surface area contributed by atoms with E-state index in [1.54, 1.807) is 36.2 Å². The monoisotopic (exact) mass is 319 g/mol. The van der Waals surface area contributed by atoms with Gasteiger partial charge in [-0.25, -0.2) is 0 Å². The minimum absolute atomic E-state index is 0.00896. The molecular weight excluding hydrogens is 294 g/mol. The van der Waals surface area contributed by atoms with E-state index in [1.807, 2.05) is 0 Å². The Bertz CT molecular complexity index is 555. The van der Waals surface area contributed by atoms with Gasteiger partial charge in [-0.1, -0.05) is 13.3 Å². The summed E-state index contributed by atoms with van der Waals surface area (Å²) in [6.45, 7) is 5.62.